The van der Waals surface area contributed by atoms with Crippen LogP contribution in [0.25, 0.3) is 11.2 Å². The number of carbonyl (C=O) groups excluding carboxylic acids is 1. The van der Waals surface area contributed by atoms with Crippen LogP contribution < -0.4 is 5.32 Å². The van der Waals surface area contributed by atoms with Crippen LogP contribution in [-0.2, 0) is 13.1 Å². The number of pyridine rings is 1. The second-order valence-corrected chi connectivity index (χ2v) is 6.52. The molecule has 0 radical (unpaired) electrons. The maximum atomic E-state index is 12.5. The number of nitrogens with zero attached hydrogens (tertiary/aromatic N) is 3. The largest absolute Gasteiger partial charge is 0.345 e. The van der Waals surface area contributed by atoms with Crippen molar-refractivity contribution in [2.75, 3.05) is 0 Å². The number of fused-ring (bicyclic) bond motifs is 1. The van der Waals surface area contributed by atoms with Gasteiger partial charge in [-0.25, -0.2) is 9.97 Å². The molecule has 0 atom stereocenters. The van der Waals surface area contributed by atoms with Gasteiger partial charge in [0.25, 0.3) is 5.91 Å². The predicted octanol–water partition coefficient (Wildman–Crippen LogP) is 4.06. The van der Waals surface area contributed by atoms with Crippen LogP contribution in [-0.4, -0.2) is 20.4 Å². The molecule has 0 unspecified atom stereocenters. The quantitative estimate of drug-likeness (QED) is 0.571. The molecule has 2 heterocycles. The number of nitrogens with one attached hydrogen (secondary N) is 1. The lowest BCUT2D eigenvalue weighted by atomic mass is 10.2. The Bertz CT molecular complexity index is 1090. The SMILES string of the molecule is O=C(NCc1nc2cccnc2n1Cc1ccccc1)c1ccccc1Cl. The van der Waals surface area contributed by atoms with Crippen LogP contribution >= 0.6 is 11.6 Å². The molecule has 0 aliphatic carbocycles. The Balaban J connectivity index is 1.62. The molecule has 4 aromatic rings. The van der Waals surface area contributed by atoms with Gasteiger partial charge < -0.3 is 9.88 Å². The van der Waals surface area contributed by atoms with E-state index in [1.165, 1.54) is 0 Å². The van der Waals surface area contributed by atoms with Crippen LogP contribution in [0.3, 0.4) is 0 Å². The second-order valence-electron chi connectivity index (χ2n) is 6.11. The van der Waals surface area contributed by atoms with E-state index in [1.807, 2.05) is 34.9 Å². The van der Waals surface area contributed by atoms with Crippen molar-refractivity contribution >= 4 is 28.7 Å². The molecular weight excluding hydrogens is 360 g/mol. The Morgan fingerprint density at radius 2 is 1.78 bits per heavy atom. The van der Waals surface area contributed by atoms with E-state index in [0.29, 0.717) is 17.1 Å². The lowest BCUT2D eigenvalue weighted by Crippen LogP contribution is -2.25. The molecule has 5 nitrogen and oxygen atoms in total. The van der Waals surface area contributed by atoms with Gasteiger partial charge in [-0.15, -0.1) is 0 Å². The van der Waals surface area contributed by atoms with Crippen molar-refractivity contribution < 1.29 is 4.79 Å². The maximum Gasteiger partial charge on any atom is 0.253 e. The fraction of sp³-hybridized carbons (Fsp3) is 0.0952. The minimum absolute atomic E-state index is 0.230. The number of aromatic nitrogens is 3. The molecule has 1 N–H and O–H groups in total. The summed E-state index contributed by atoms with van der Waals surface area (Å²) in [5.74, 6) is 0.514. The van der Waals surface area contributed by atoms with Gasteiger partial charge in [0, 0.05) is 6.20 Å². The number of amides is 1. The highest BCUT2D eigenvalue weighted by atomic mass is 35.5. The number of hydrogen-bond donors (Lipinski definition) is 1. The Labute approximate surface area is 161 Å². The van der Waals surface area contributed by atoms with Gasteiger partial charge in [0.15, 0.2) is 5.65 Å². The van der Waals surface area contributed by atoms with Crippen molar-refractivity contribution in [3.63, 3.8) is 0 Å². The number of imidazole rings is 1. The van der Waals surface area contributed by atoms with Crippen molar-refractivity contribution in [1.29, 1.82) is 0 Å². The molecule has 0 aliphatic heterocycles. The third-order valence-corrected chi connectivity index (χ3v) is 4.62. The molecular formula is C21H17ClN4O. The summed E-state index contributed by atoms with van der Waals surface area (Å²) >= 11 is 6.11. The first-order chi connectivity index (χ1) is 13.2. The summed E-state index contributed by atoms with van der Waals surface area (Å²) in [7, 11) is 0. The minimum Gasteiger partial charge on any atom is -0.345 e. The van der Waals surface area contributed by atoms with Crippen molar-refractivity contribution in [1.82, 2.24) is 19.9 Å². The lowest BCUT2D eigenvalue weighted by Gasteiger charge is -2.10. The van der Waals surface area contributed by atoms with E-state index in [0.717, 1.165) is 22.6 Å². The second kappa shape index (κ2) is 7.60. The van der Waals surface area contributed by atoms with Crippen LogP contribution in [0.5, 0.6) is 0 Å². The normalized spacial score (nSPS) is 10.9. The number of rotatable bonds is 5. The molecule has 27 heavy (non-hydrogen) atoms. The van der Waals surface area contributed by atoms with Crippen LogP contribution in [0.4, 0.5) is 0 Å². The Morgan fingerprint density at radius 3 is 2.59 bits per heavy atom. The van der Waals surface area contributed by atoms with Crippen LogP contribution in [0, 0.1) is 0 Å². The summed E-state index contributed by atoms with van der Waals surface area (Å²) in [6.45, 7) is 0.916. The summed E-state index contributed by atoms with van der Waals surface area (Å²) in [4.78, 5) is 21.6. The highest BCUT2D eigenvalue weighted by Gasteiger charge is 2.14. The summed E-state index contributed by atoms with van der Waals surface area (Å²) in [6, 6.07) is 20.9. The highest BCUT2D eigenvalue weighted by molar-refractivity contribution is 6.33. The highest BCUT2D eigenvalue weighted by Crippen LogP contribution is 2.17. The van der Waals surface area contributed by atoms with Gasteiger partial charge in [-0.1, -0.05) is 54.1 Å². The van der Waals surface area contributed by atoms with E-state index in [1.54, 1.807) is 30.5 Å². The van der Waals surface area contributed by atoms with Gasteiger partial charge in [0.05, 0.1) is 23.7 Å². The molecule has 0 saturated carbocycles. The van der Waals surface area contributed by atoms with Gasteiger partial charge >= 0.3 is 0 Å². The van der Waals surface area contributed by atoms with Crippen molar-refractivity contribution in [3.05, 3.63) is 94.9 Å². The number of benzene rings is 2. The Morgan fingerprint density at radius 1 is 1.00 bits per heavy atom. The maximum absolute atomic E-state index is 12.5. The first kappa shape index (κ1) is 17.2. The average Bonchev–Trinajstić information content (AvgIpc) is 3.05. The molecule has 2 aromatic heterocycles. The smallest absolute Gasteiger partial charge is 0.253 e. The van der Waals surface area contributed by atoms with E-state index < -0.39 is 0 Å². The van der Waals surface area contributed by atoms with Crippen molar-refractivity contribution in [2.24, 2.45) is 0 Å². The fourth-order valence-electron chi connectivity index (χ4n) is 2.97. The molecule has 134 valence electrons. The van der Waals surface area contributed by atoms with E-state index in [9.17, 15) is 4.79 Å². The predicted molar refractivity (Wildman–Crippen MR) is 106 cm³/mol. The molecule has 0 fully saturated rings. The molecule has 0 aliphatic rings. The third kappa shape index (κ3) is 3.68. The zero-order valence-corrected chi connectivity index (χ0v) is 15.2. The molecule has 1 amide bonds. The zero-order valence-electron chi connectivity index (χ0n) is 14.5. The average molecular weight is 377 g/mol. The fourth-order valence-corrected chi connectivity index (χ4v) is 3.19. The summed E-state index contributed by atoms with van der Waals surface area (Å²) in [5.41, 5.74) is 3.18. The summed E-state index contributed by atoms with van der Waals surface area (Å²) in [6.07, 6.45) is 1.75. The molecule has 2 aromatic carbocycles. The van der Waals surface area contributed by atoms with E-state index in [-0.39, 0.29) is 12.5 Å². The summed E-state index contributed by atoms with van der Waals surface area (Å²) < 4.78 is 2.03. The number of carbonyl (C=O) groups is 1. The topological polar surface area (TPSA) is 59.8 Å². The summed E-state index contributed by atoms with van der Waals surface area (Å²) in [5, 5.41) is 3.33. The molecule has 4 rings (SSSR count). The number of hydrogen-bond acceptors (Lipinski definition) is 3. The molecule has 0 spiro atoms. The monoisotopic (exact) mass is 376 g/mol. The molecule has 6 heteroatoms. The first-order valence-corrected chi connectivity index (χ1v) is 8.97. The zero-order chi connectivity index (χ0) is 18.6. The van der Waals surface area contributed by atoms with Gasteiger partial charge in [-0.05, 0) is 29.8 Å². The standard InChI is InChI=1S/C21H17ClN4O/c22-17-10-5-4-9-16(17)21(27)24-13-19-25-18-11-6-12-23-20(18)26(19)14-15-7-2-1-3-8-15/h1-12H,13-14H2,(H,24,27). The third-order valence-electron chi connectivity index (χ3n) is 4.29. The van der Waals surface area contributed by atoms with Gasteiger partial charge in [-0.2, -0.15) is 0 Å². The van der Waals surface area contributed by atoms with Gasteiger partial charge in [-0.3, -0.25) is 4.79 Å². The van der Waals surface area contributed by atoms with E-state index in [2.05, 4.69) is 27.4 Å². The van der Waals surface area contributed by atoms with Gasteiger partial charge in [0.2, 0.25) is 0 Å². The van der Waals surface area contributed by atoms with Crippen LogP contribution in [0.1, 0.15) is 21.7 Å². The lowest BCUT2D eigenvalue weighted by molar-refractivity contribution is 0.0949. The van der Waals surface area contributed by atoms with Gasteiger partial charge in [0.1, 0.15) is 11.3 Å². The molecule has 0 bridgehead atoms. The van der Waals surface area contributed by atoms with E-state index in [4.69, 9.17) is 11.6 Å². The Kier molecular flexibility index (Phi) is 4.85. The van der Waals surface area contributed by atoms with Crippen LogP contribution in [0.2, 0.25) is 5.02 Å². The Hall–Kier alpha value is -3.18. The minimum atomic E-state index is -0.230. The van der Waals surface area contributed by atoms with Crippen LogP contribution in [0.15, 0.2) is 72.9 Å². The number of halogens is 1. The molecule has 0 saturated heterocycles. The van der Waals surface area contributed by atoms with E-state index >= 15 is 0 Å². The van der Waals surface area contributed by atoms with Crippen molar-refractivity contribution in [3.8, 4) is 0 Å². The first-order valence-electron chi connectivity index (χ1n) is 8.59. The van der Waals surface area contributed by atoms with Crippen molar-refractivity contribution in [2.45, 2.75) is 13.1 Å².